The molecule has 5 rings (SSSR count). The fourth-order valence-corrected chi connectivity index (χ4v) is 5.17. The molecule has 3 heterocycles. The zero-order valence-electron chi connectivity index (χ0n) is 23.7. The fraction of sp³-hybridized carbons (Fsp3) is 0.344. The van der Waals surface area contributed by atoms with Crippen molar-refractivity contribution in [3.05, 3.63) is 111 Å². The van der Waals surface area contributed by atoms with E-state index in [9.17, 15) is 18.8 Å². The molecule has 0 radical (unpaired) electrons. The van der Waals surface area contributed by atoms with Gasteiger partial charge in [-0.25, -0.2) is 13.8 Å². The third kappa shape index (κ3) is 6.97. The monoisotopic (exact) mass is 562 g/mol. The highest BCUT2D eigenvalue weighted by atomic mass is 19.1. The summed E-state index contributed by atoms with van der Waals surface area (Å²) in [5.74, 6) is -1.00. The molecule has 0 spiro atoms. The molecule has 41 heavy (non-hydrogen) atoms. The van der Waals surface area contributed by atoms with Gasteiger partial charge < -0.3 is 14.8 Å². The van der Waals surface area contributed by atoms with Gasteiger partial charge in [-0.3, -0.25) is 9.20 Å². The summed E-state index contributed by atoms with van der Waals surface area (Å²) in [4.78, 5) is 20.3. The summed E-state index contributed by atoms with van der Waals surface area (Å²) in [6.07, 6.45) is 3.56. The Morgan fingerprint density at radius 1 is 1.07 bits per heavy atom. The second-order valence-electron chi connectivity index (χ2n) is 9.80. The summed E-state index contributed by atoms with van der Waals surface area (Å²) in [5, 5.41) is 12.9. The smallest absolute Gasteiger partial charge is 0.261 e. The zero-order chi connectivity index (χ0) is 29.4. The molecule has 1 N–H and O–H groups in total. The van der Waals surface area contributed by atoms with Gasteiger partial charge in [0.25, 0.3) is 5.56 Å². The highest BCUT2D eigenvalue weighted by Crippen LogP contribution is 2.25. The molecule has 1 aliphatic rings. The van der Waals surface area contributed by atoms with Crippen LogP contribution >= 0.6 is 0 Å². The average molecular weight is 563 g/mol. The summed E-state index contributed by atoms with van der Waals surface area (Å²) in [6.45, 7) is 8.29. The number of ether oxygens (including phenoxy) is 1. The molecule has 4 aromatic rings. The molecular formula is C32H36F2N4O3. The molecule has 0 aliphatic carbocycles. The number of aromatic nitrogens is 2. The summed E-state index contributed by atoms with van der Waals surface area (Å²) < 4.78 is 35.1. The predicted molar refractivity (Wildman–Crippen MR) is 156 cm³/mol. The molecule has 216 valence electrons. The summed E-state index contributed by atoms with van der Waals surface area (Å²) >= 11 is 0. The predicted octanol–water partition coefficient (Wildman–Crippen LogP) is 6.02. The molecule has 1 aliphatic heterocycles. The van der Waals surface area contributed by atoms with Crippen molar-refractivity contribution in [2.45, 2.75) is 46.6 Å². The lowest BCUT2D eigenvalue weighted by molar-refractivity contribution is 0.208. The second kappa shape index (κ2) is 14.0. The normalized spacial score (nSPS) is 14.5. The molecule has 0 amide bonds. The van der Waals surface area contributed by atoms with Crippen molar-refractivity contribution < 1.29 is 18.7 Å². The first-order valence-corrected chi connectivity index (χ1v) is 14.0. The number of nitrogens with zero attached hydrogens (tertiary/aromatic N) is 4. The minimum atomic E-state index is -0.737. The van der Waals surface area contributed by atoms with Crippen LogP contribution < -0.4 is 10.3 Å². The van der Waals surface area contributed by atoms with Crippen molar-refractivity contribution in [1.29, 1.82) is 0 Å². The summed E-state index contributed by atoms with van der Waals surface area (Å²) in [6, 6.07) is 16.7. The van der Waals surface area contributed by atoms with Gasteiger partial charge in [-0.15, -0.1) is 0 Å². The van der Waals surface area contributed by atoms with Crippen LogP contribution in [-0.2, 0) is 13.0 Å². The molecule has 0 bridgehead atoms. The van der Waals surface area contributed by atoms with Crippen molar-refractivity contribution in [2.75, 3.05) is 19.6 Å². The van der Waals surface area contributed by atoms with Gasteiger partial charge in [0.2, 0.25) is 0 Å². The number of hydrogen-bond acceptors (Lipinski definition) is 6. The van der Waals surface area contributed by atoms with E-state index >= 15 is 0 Å². The molecule has 0 atom stereocenters. The van der Waals surface area contributed by atoms with Crippen molar-refractivity contribution in [3.63, 3.8) is 0 Å². The van der Waals surface area contributed by atoms with E-state index in [2.05, 4.69) is 10.1 Å². The number of aryl methyl sites for hydroxylation is 1. The van der Waals surface area contributed by atoms with Crippen LogP contribution in [-0.4, -0.2) is 44.8 Å². The Kier molecular flexibility index (Phi) is 10.2. The molecule has 0 saturated carbocycles. The third-order valence-electron chi connectivity index (χ3n) is 7.32. The SMILES string of the molecule is CC.Cc1nc2c(OCc3ccccc3)cccn2c(=O)c1CCN1CCC(/C(=N/O)c2ccc(F)cc2F)CC1. The van der Waals surface area contributed by atoms with Crippen LogP contribution in [0.4, 0.5) is 8.78 Å². The lowest BCUT2D eigenvalue weighted by atomic mass is 9.88. The number of fused-ring (bicyclic) bond motifs is 1. The number of rotatable bonds is 8. The number of pyridine rings is 1. The van der Waals surface area contributed by atoms with Crippen LogP contribution in [0.5, 0.6) is 5.75 Å². The molecule has 1 fully saturated rings. The van der Waals surface area contributed by atoms with Gasteiger partial charge in [0.15, 0.2) is 11.4 Å². The first-order chi connectivity index (χ1) is 19.9. The van der Waals surface area contributed by atoms with Gasteiger partial charge in [-0.2, -0.15) is 0 Å². The van der Waals surface area contributed by atoms with Crippen molar-refractivity contribution in [1.82, 2.24) is 14.3 Å². The number of piperidine rings is 1. The van der Waals surface area contributed by atoms with Crippen molar-refractivity contribution in [2.24, 2.45) is 11.1 Å². The van der Waals surface area contributed by atoms with Crippen molar-refractivity contribution in [3.8, 4) is 5.75 Å². The van der Waals surface area contributed by atoms with Crippen molar-refractivity contribution >= 4 is 11.4 Å². The number of hydrogen-bond donors (Lipinski definition) is 1. The van der Waals surface area contributed by atoms with E-state index in [1.54, 1.807) is 12.3 Å². The molecule has 2 aromatic heterocycles. The summed E-state index contributed by atoms with van der Waals surface area (Å²) in [5.41, 5.74) is 3.09. The first kappa shape index (κ1) is 29.9. The van der Waals surface area contributed by atoms with Gasteiger partial charge in [0, 0.05) is 41.5 Å². The number of halogens is 2. The van der Waals surface area contributed by atoms with Gasteiger partial charge in [-0.1, -0.05) is 49.3 Å². The topological polar surface area (TPSA) is 79.4 Å². The number of benzene rings is 2. The maximum absolute atomic E-state index is 14.3. The maximum atomic E-state index is 14.3. The van der Waals surface area contributed by atoms with E-state index in [1.807, 2.05) is 57.2 Å². The second-order valence-corrected chi connectivity index (χ2v) is 9.80. The van der Waals surface area contributed by atoms with E-state index in [4.69, 9.17) is 9.72 Å². The van der Waals surface area contributed by atoms with Crippen LogP contribution in [0.25, 0.3) is 5.65 Å². The van der Waals surface area contributed by atoms with Crippen LogP contribution in [0.2, 0.25) is 0 Å². The van der Waals surface area contributed by atoms with Crippen LogP contribution in [0.1, 0.15) is 49.1 Å². The van der Waals surface area contributed by atoms with Gasteiger partial charge in [-0.05, 0) is 69.1 Å². The van der Waals surface area contributed by atoms with E-state index < -0.39 is 11.6 Å². The summed E-state index contributed by atoms with van der Waals surface area (Å²) in [7, 11) is 0. The Balaban J connectivity index is 0.00000189. The standard InChI is InChI=1S/C30H30F2N4O3.C2H6/c1-20-24(30(37)36-14-5-8-27(29(36)33-20)39-19-21-6-3-2-4-7-21)13-17-35-15-11-22(12-16-35)28(34-38)25-10-9-23(31)18-26(25)32;1-2/h2-10,14,18,22,38H,11-13,15-17,19H2,1H3;1-2H3/b34-28-;. The highest BCUT2D eigenvalue weighted by molar-refractivity contribution is 6.02. The number of likely N-dealkylation sites (tertiary alicyclic amines) is 1. The molecule has 2 aromatic carbocycles. The van der Waals surface area contributed by atoms with Crippen LogP contribution in [0.15, 0.2) is 76.8 Å². The Bertz CT molecular complexity index is 1550. The fourth-order valence-electron chi connectivity index (χ4n) is 5.17. The molecule has 9 heteroatoms. The molecule has 7 nitrogen and oxygen atoms in total. The van der Waals surface area contributed by atoms with Gasteiger partial charge in [0.1, 0.15) is 18.2 Å². The Labute approximate surface area is 238 Å². The highest BCUT2D eigenvalue weighted by Gasteiger charge is 2.27. The quantitative estimate of drug-likeness (QED) is 0.161. The zero-order valence-corrected chi connectivity index (χ0v) is 23.7. The maximum Gasteiger partial charge on any atom is 0.261 e. The van der Waals surface area contributed by atoms with E-state index in [1.165, 1.54) is 10.5 Å². The Morgan fingerprint density at radius 3 is 2.49 bits per heavy atom. The van der Waals surface area contributed by atoms with Crippen LogP contribution in [0.3, 0.4) is 0 Å². The Morgan fingerprint density at radius 2 is 1.80 bits per heavy atom. The largest absolute Gasteiger partial charge is 0.485 e. The Hall–Kier alpha value is -4.11. The van der Waals surface area contributed by atoms with E-state index in [0.29, 0.717) is 68.2 Å². The molecular weight excluding hydrogens is 526 g/mol. The minimum absolute atomic E-state index is 0.112. The van der Waals surface area contributed by atoms with Gasteiger partial charge in [0.05, 0.1) is 5.71 Å². The van der Waals surface area contributed by atoms with E-state index in [-0.39, 0.29) is 22.8 Å². The lowest BCUT2D eigenvalue weighted by Gasteiger charge is -2.32. The van der Waals surface area contributed by atoms with Gasteiger partial charge >= 0.3 is 0 Å². The van der Waals surface area contributed by atoms with E-state index in [0.717, 1.165) is 17.7 Å². The molecule has 0 unspecified atom stereocenters. The first-order valence-electron chi connectivity index (χ1n) is 14.0. The number of oxime groups is 1. The van der Waals surface area contributed by atoms with Crippen LogP contribution in [0, 0.1) is 24.5 Å². The average Bonchev–Trinajstić information content (AvgIpc) is 2.99. The molecule has 1 saturated heterocycles. The third-order valence-corrected chi connectivity index (χ3v) is 7.32. The lowest BCUT2D eigenvalue weighted by Crippen LogP contribution is -2.38. The minimum Gasteiger partial charge on any atom is -0.485 e.